The summed E-state index contributed by atoms with van der Waals surface area (Å²) in [7, 11) is 0. The van der Waals surface area contributed by atoms with E-state index in [1.165, 1.54) is 11.1 Å². The zero-order valence-corrected chi connectivity index (χ0v) is 14.4. The summed E-state index contributed by atoms with van der Waals surface area (Å²) < 4.78 is -0.280. The first-order chi connectivity index (χ1) is 10.3. The number of alkyl halides is 1. The molecule has 0 nitrogen and oxygen atoms in total. The molecule has 0 fully saturated rings. The Kier molecular flexibility index (Phi) is 5.89. The zero-order chi connectivity index (χ0) is 15.1. The van der Waals surface area contributed by atoms with Crippen LogP contribution in [-0.2, 0) is 4.75 Å². The second kappa shape index (κ2) is 7.67. The average molecular weight is 359 g/mol. The molecule has 2 rings (SSSR count). The van der Waals surface area contributed by atoms with Crippen LogP contribution in [0.15, 0.2) is 85.5 Å². The van der Waals surface area contributed by atoms with Gasteiger partial charge in [-0.3, -0.25) is 0 Å². The third-order valence-electron chi connectivity index (χ3n) is 3.45. The average Bonchev–Trinajstić information content (AvgIpc) is 2.57. The Morgan fingerprint density at radius 3 is 1.86 bits per heavy atom. The summed E-state index contributed by atoms with van der Waals surface area (Å²) >= 11 is 5.43. The summed E-state index contributed by atoms with van der Waals surface area (Å²) in [5, 5.41) is 0.948. The number of halogens is 1. The standard InChI is InChI=1S/C19H19BrS/c1-3-16(2)19(21-15-14-20,17-10-6-4-7-11-17)18-12-8-5-9-13-18/h3-13H,1-2,14-15H2. The monoisotopic (exact) mass is 358 g/mol. The molecule has 0 bridgehead atoms. The minimum atomic E-state index is -0.280. The van der Waals surface area contributed by atoms with Gasteiger partial charge >= 0.3 is 0 Å². The number of thioether (sulfide) groups is 1. The molecule has 0 spiro atoms. The minimum absolute atomic E-state index is 0.280. The molecule has 2 aromatic rings. The molecule has 0 amide bonds. The second-order valence-corrected chi connectivity index (χ2v) is 6.78. The molecule has 0 unspecified atom stereocenters. The van der Waals surface area contributed by atoms with E-state index < -0.39 is 0 Å². The van der Waals surface area contributed by atoms with Crippen LogP contribution in [0.25, 0.3) is 0 Å². The molecule has 0 radical (unpaired) electrons. The van der Waals surface area contributed by atoms with E-state index in [0.29, 0.717) is 0 Å². The maximum Gasteiger partial charge on any atom is 0.0901 e. The van der Waals surface area contributed by atoms with E-state index in [4.69, 9.17) is 0 Å². The molecule has 0 heterocycles. The van der Waals surface area contributed by atoms with E-state index in [2.05, 4.69) is 77.6 Å². The maximum absolute atomic E-state index is 4.30. The molecule has 21 heavy (non-hydrogen) atoms. The van der Waals surface area contributed by atoms with Gasteiger partial charge in [0, 0.05) is 11.1 Å². The Bertz CT molecular complexity index is 550. The molecule has 0 saturated carbocycles. The second-order valence-electron chi connectivity index (χ2n) is 4.68. The summed E-state index contributed by atoms with van der Waals surface area (Å²) in [6.07, 6.45) is 1.88. The first-order valence-corrected chi connectivity index (χ1v) is 8.99. The van der Waals surface area contributed by atoms with Gasteiger partial charge in [0.05, 0.1) is 4.75 Å². The lowest BCUT2D eigenvalue weighted by Crippen LogP contribution is -2.26. The van der Waals surface area contributed by atoms with Crippen LogP contribution >= 0.6 is 27.7 Å². The van der Waals surface area contributed by atoms with Gasteiger partial charge in [0.2, 0.25) is 0 Å². The Labute approximate surface area is 140 Å². The molecule has 108 valence electrons. The predicted molar refractivity (Wildman–Crippen MR) is 99.3 cm³/mol. The van der Waals surface area contributed by atoms with Crippen molar-refractivity contribution >= 4 is 27.7 Å². The number of benzene rings is 2. The Morgan fingerprint density at radius 1 is 1.00 bits per heavy atom. The van der Waals surface area contributed by atoms with Gasteiger partial charge in [0.15, 0.2) is 0 Å². The van der Waals surface area contributed by atoms with Crippen LogP contribution < -0.4 is 0 Å². The van der Waals surface area contributed by atoms with E-state index in [-0.39, 0.29) is 4.75 Å². The van der Waals surface area contributed by atoms with Crippen LogP contribution in [-0.4, -0.2) is 11.1 Å². The Balaban J connectivity index is 2.65. The van der Waals surface area contributed by atoms with Gasteiger partial charge in [0.1, 0.15) is 0 Å². The van der Waals surface area contributed by atoms with Crippen molar-refractivity contribution in [2.24, 2.45) is 0 Å². The lowest BCUT2D eigenvalue weighted by Gasteiger charge is -2.35. The van der Waals surface area contributed by atoms with E-state index in [1.54, 1.807) is 0 Å². The third kappa shape index (κ3) is 3.33. The predicted octanol–water partition coefficient (Wildman–Crippen LogP) is 5.80. The van der Waals surface area contributed by atoms with Gasteiger partial charge in [-0.25, -0.2) is 0 Å². The fraction of sp³-hybridized carbons (Fsp3) is 0.158. The maximum atomic E-state index is 4.30. The minimum Gasteiger partial charge on any atom is -0.140 e. The van der Waals surface area contributed by atoms with E-state index >= 15 is 0 Å². The molecular formula is C19H19BrS. The van der Waals surface area contributed by atoms with Crippen LogP contribution in [0.5, 0.6) is 0 Å². The lowest BCUT2D eigenvalue weighted by atomic mass is 9.84. The van der Waals surface area contributed by atoms with Crippen molar-refractivity contribution in [2.75, 3.05) is 11.1 Å². The molecule has 0 aliphatic rings. The van der Waals surface area contributed by atoms with Crippen LogP contribution in [0.4, 0.5) is 0 Å². The summed E-state index contributed by atoms with van der Waals surface area (Å²) in [5.41, 5.74) is 3.50. The number of hydrogen-bond acceptors (Lipinski definition) is 1. The molecule has 0 N–H and O–H groups in total. The Hall–Kier alpha value is -1.25. The van der Waals surface area contributed by atoms with Crippen molar-refractivity contribution in [1.82, 2.24) is 0 Å². The zero-order valence-electron chi connectivity index (χ0n) is 12.0. The quantitative estimate of drug-likeness (QED) is 0.445. The first-order valence-electron chi connectivity index (χ1n) is 6.88. The van der Waals surface area contributed by atoms with Gasteiger partial charge in [0.25, 0.3) is 0 Å². The first kappa shape index (κ1) is 16.1. The van der Waals surface area contributed by atoms with Crippen LogP contribution in [0.2, 0.25) is 0 Å². The number of hydrogen-bond donors (Lipinski definition) is 0. The highest BCUT2D eigenvalue weighted by Crippen LogP contribution is 2.48. The Morgan fingerprint density at radius 2 is 1.48 bits per heavy atom. The molecule has 2 aromatic carbocycles. The van der Waals surface area contributed by atoms with Gasteiger partial charge in [-0.1, -0.05) is 95.8 Å². The third-order valence-corrected chi connectivity index (χ3v) is 5.95. The van der Waals surface area contributed by atoms with Crippen molar-refractivity contribution in [1.29, 1.82) is 0 Å². The highest BCUT2D eigenvalue weighted by molar-refractivity contribution is 9.09. The summed E-state index contributed by atoms with van der Waals surface area (Å²) in [6, 6.07) is 21.1. The fourth-order valence-corrected chi connectivity index (χ4v) is 4.22. The molecule has 0 atom stereocenters. The van der Waals surface area contributed by atoms with Crippen molar-refractivity contribution in [3.8, 4) is 0 Å². The summed E-state index contributed by atoms with van der Waals surface area (Å²) in [4.78, 5) is 0. The van der Waals surface area contributed by atoms with Crippen LogP contribution in [0.1, 0.15) is 11.1 Å². The van der Waals surface area contributed by atoms with Crippen LogP contribution in [0, 0.1) is 0 Å². The SMILES string of the molecule is C=CC(=C)C(SCCBr)(c1ccccc1)c1ccccc1. The van der Waals surface area contributed by atoms with Crippen molar-refractivity contribution in [3.63, 3.8) is 0 Å². The molecular weight excluding hydrogens is 340 g/mol. The highest BCUT2D eigenvalue weighted by atomic mass is 79.9. The smallest absolute Gasteiger partial charge is 0.0901 e. The van der Waals surface area contributed by atoms with Crippen molar-refractivity contribution in [2.45, 2.75) is 4.75 Å². The van der Waals surface area contributed by atoms with Gasteiger partial charge in [-0.15, -0.1) is 11.8 Å². The topological polar surface area (TPSA) is 0 Å². The molecule has 2 heteroatoms. The van der Waals surface area contributed by atoms with Gasteiger partial charge in [-0.05, 0) is 16.7 Å². The summed E-state index contributed by atoms with van der Waals surface area (Å²) in [5.74, 6) is 0.997. The van der Waals surface area contributed by atoms with E-state index in [0.717, 1.165) is 16.7 Å². The largest absolute Gasteiger partial charge is 0.140 e. The lowest BCUT2D eigenvalue weighted by molar-refractivity contribution is 0.899. The van der Waals surface area contributed by atoms with Gasteiger partial charge in [-0.2, -0.15) is 0 Å². The molecule has 0 saturated heterocycles. The fourth-order valence-electron chi connectivity index (χ4n) is 2.48. The molecule has 0 aliphatic heterocycles. The van der Waals surface area contributed by atoms with Crippen LogP contribution in [0.3, 0.4) is 0 Å². The van der Waals surface area contributed by atoms with E-state index in [9.17, 15) is 0 Å². The normalized spacial score (nSPS) is 11.1. The van der Waals surface area contributed by atoms with Gasteiger partial charge < -0.3 is 0 Å². The van der Waals surface area contributed by atoms with Crippen molar-refractivity contribution in [3.05, 3.63) is 96.6 Å². The van der Waals surface area contributed by atoms with Crippen molar-refractivity contribution < 1.29 is 0 Å². The number of rotatable bonds is 7. The van der Waals surface area contributed by atoms with E-state index in [1.807, 2.05) is 30.0 Å². The summed E-state index contributed by atoms with van der Waals surface area (Å²) in [6.45, 7) is 8.26. The number of allylic oxidation sites excluding steroid dienone is 1. The molecule has 0 aromatic heterocycles. The highest BCUT2D eigenvalue weighted by Gasteiger charge is 2.36. The molecule has 0 aliphatic carbocycles.